The molecule has 27 heavy (non-hydrogen) atoms. The molecule has 0 unspecified atom stereocenters. The normalized spacial score (nSPS) is 13.2. The first-order valence-corrected chi connectivity index (χ1v) is 8.35. The van der Waals surface area contributed by atoms with Crippen LogP contribution in [0.25, 0.3) is 23.0 Å². The highest BCUT2D eigenvalue weighted by Crippen LogP contribution is 2.22. The highest BCUT2D eigenvalue weighted by molar-refractivity contribution is 5.74. The molecule has 0 spiro atoms. The molecule has 1 aromatic carbocycles. The zero-order valence-electron chi connectivity index (χ0n) is 14.1. The van der Waals surface area contributed by atoms with Crippen molar-refractivity contribution >= 4 is 11.6 Å². The maximum Gasteiger partial charge on any atom is 0.387 e. The number of hydrogen-bond acceptors (Lipinski definition) is 3. The summed E-state index contributed by atoms with van der Waals surface area (Å²) in [5.74, 6) is 0.717. The zero-order chi connectivity index (χ0) is 18.8. The summed E-state index contributed by atoms with van der Waals surface area (Å²) in [6.45, 7) is -2.86. The van der Waals surface area contributed by atoms with Crippen LogP contribution < -0.4 is 20.9 Å². The molecule has 6 heteroatoms. The summed E-state index contributed by atoms with van der Waals surface area (Å²) in [4.78, 5) is 14.0. The van der Waals surface area contributed by atoms with Crippen molar-refractivity contribution in [3.63, 3.8) is 0 Å². The van der Waals surface area contributed by atoms with Crippen LogP contribution in [0.2, 0.25) is 0 Å². The number of H-pyrrole nitrogens is 1. The van der Waals surface area contributed by atoms with Crippen LogP contribution in [0.5, 0.6) is 5.75 Å². The van der Waals surface area contributed by atoms with Gasteiger partial charge in [0.05, 0.1) is 0 Å². The monoisotopic (exact) mass is 367 g/mol. The topological polar surface area (TPSA) is 55.2 Å². The third-order valence-electron chi connectivity index (χ3n) is 4.22. The number of rotatable bonds is 4. The summed E-state index contributed by atoms with van der Waals surface area (Å²) in [5, 5.41) is 0.934. The van der Waals surface area contributed by atoms with Gasteiger partial charge < -0.3 is 14.1 Å². The molecule has 0 bridgehead atoms. The van der Waals surface area contributed by atoms with Gasteiger partial charge in [-0.2, -0.15) is 8.78 Å². The molecule has 1 aliphatic rings. The second-order valence-corrected chi connectivity index (χ2v) is 6.00. The molecule has 0 radical (unpaired) electrons. The lowest BCUT2D eigenvalue weighted by Crippen LogP contribution is -2.21. The van der Waals surface area contributed by atoms with Gasteiger partial charge >= 0.3 is 6.61 Å². The molecular formula is C21H15F2NO3. The lowest BCUT2D eigenvalue weighted by Gasteiger charge is -2.04. The Morgan fingerprint density at radius 3 is 2.56 bits per heavy atom. The minimum Gasteiger partial charge on any atom is -0.455 e. The standard InChI is InChI=1S/C21H15F2NO3/c22-21(23)26-16-8-5-13(6-9-16)18-11-14-3-1-2-4-17(20(14)27-18)15-7-10-19(25)24-12-15/h2-12,21H,1H2,(H,24,25). The second-order valence-electron chi connectivity index (χ2n) is 6.00. The number of alkyl halides is 2. The molecule has 0 saturated carbocycles. The average molecular weight is 367 g/mol. The molecule has 0 fully saturated rings. The number of pyridine rings is 1. The van der Waals surface area contributed by atoms with Crippen LogP contribution in [0, 0.1) is 0 Å². The third-order valence-corrected chi connectivity index (χ3v) is 4.22. The first-order valence-electron chi connectivity index (χ1n) is 8.35. The van der Waals surface area contributed by atoms with Gasteiger partial charge in [-0.05, 0) is 42.8 Å². The van der Waals surface area contributed by atoms with Gasteiger partial charge in [-0.25, -0.2) is 0 Å². The van der Waals surface area contributed by atoms with Crippen LogP contribution in [0.4, 0.5) is 8.78 Å². The molecule has 4 rings (SSSR count). The molecule has 0 amide bonds. The van der Waals surface area contributed by atoms with Crippen molar-refractivity contribution in [2.24, 2.45) is 0 Å². The second kappa shape index (κ2) is 7.07. The molecule has 2 aromatic heterocycles. The summed E-state index contributed by atoms with van der Waals surface area (Å²) >= 11 is 0. The highest BCUT2D eigenvalue weighted by atomic mass is 19.3. The van der Waals surface area contributed by atoms with Crippen molar-refractivity contribution in [2.75, 3.05) is 0 Å². The van der Waals surface area contributed by atoms with Gasteiger partial charge in [0.1, 0.15) is 16.9 Å². The quantitative estimate of drug-likeness (QED) is 0.771. The number of aromatic nitrogens is 1. The minimum absolute atomic E-state index is 0.0943. The molecule has 1 N–H and O–H groups in total. The van der Waals surface area contributed by atoms with Gasteiger partial charge in [0, 0.05) is 34.2 Å². The lowest BCUT2D eigenvalue weighted by molar-refractivity contribution is -0.0498. The number of halogens is 2. The molecule has 3 aromatic rings. The number of hydrogen-bond donors (Lipinski definition) is 1. The van der Waals surface area contributed by atoms with Gasteiger partial charge in [-0.3, -0.25) is 4.79 Å². The molecular weight excluding hydrogens is 352 g/mol. The molecule has 2 heterocycles. The molecule has 0 saturated heterocycles. The summed E-state index contributed by atoms with van der Waals surface area (Å²) < 4.78 is 35.0. The van der Waals surface area contributed by atoms with Crippen LogP contribution in [-0.4, -0.2) is 11.6 Å². The number of fused-ring (bicyclic) bond motifs is 1. The number of furan rings is 1. The summed E-state index contributed by atoms with van der Waals surface area (Å²) in [6.07, 6.45) is 8.43. The molecule has 0 atom stereocenters. The van der Waals surface area contributed by atoms with E-state index < -0.39 is 6.61 Å². The Balaban J connectivity index is 1.81. The third kappa shape index (κ3) is 3.60. The Morgan fingerprint density at radius 1 is 1.07 bits per heavy atom. The summed E-state index contributed by atoms with van der Waals surface area (Å²) in [7, 11) is 0. The van der Waals surface area contributed by atoms with Gasteiger partial charge in [-0.1, -0.05) is 18.2 Å². The first kappa shape index (κ1) is 17.0. The van der Waals surface area contributed by atoms with Crippen LogP contribution in [-0.2, 0) is 0 Å². The largest absolute Gasteiger partial charge is 0.455 e. The van der Waals surface area contributed by atoms with Crippen molar-refractivity contribution in [1.82, 2.24) is 4.98 Å². The van der Waals surface area contributed by atoms with Crippen LogP contribution in [0.3, 0.4) is 0 Å². The van der Waals surface area contributed by atoms with Crippen LogP contribution in [0.15, 0.2) is 70.0 Å². The van der Waals surface area contributed by atoms with E-state index >= 15 is 0 Å². The van der Waals surface area contributed by atoms with Gasteiger partial charge in [0.2, 0.25) is 5.56 Å². The number of benzene rings is 1. The lowest BCUT2D eigenvalue weighted by atomic mass is 10.1. The maximum atomic E-state index is 12.3. The van der Waals surface area contributed by atoms with Gasteiger partial charge in [-0.15, -0.1) is 0 Å². The minimum atomic E-state index is -2.86. The summed E-state index contributed by atoms with van der Waals surface area (Å²) in [6, 6.07) is 11.4. The van der Waals surface area contributed by atoms with E-state index in [0.29, 0.717) is 11.2 Å². The number of nitrogens with one attached hydrogen (secondary N) is 1. The Morgan fingerprint density at radius 2 is 1.85 bits per heavy atom. The van der Waals surface area contributed by atoms with Crippen molar-refractivity contribution in [3.05, 3.63) is 87.4 Å². The van der Waals surface area contributed by atoms with E-state index in [1.54, 1.807) is 24.4 Å². The van der Waals surface area contributed by atoms with E-state index in [4.69, 9.17) is 4.42 Å². The van der Waals surface area contributed by atoms with Crippen molar-refractivity contribution in [3.8, 4) is 17.1 Å². The van der Waals surface area contributed by atoms with E-state index in [2.05, 4.69) is 9.72 Å². The number of allylic oxidation sites excluding steroid dienone is 2. The summed E-state index contributed by atoms with van der Waals surface area (Å²) in [5.41, 5.74) is 2.97. The van der Waals surface area contributed by atoms with Crippen molar-refractivity contribution in [2.45, 2.75) is 13.0 Å². The van der Waals surface area contributed by atoms with E-state index in [1.165, 1.54) is 18.2 Å². The van der Waals surface area contributed by atoms with E-state index in [9.17, 15) is 13.6 Å². The molecule has 4 nitrogen and oxygen atoms in total. The number of aromatic amines is 1. The molecule has 1 aliphatic carbocycles. The smallest absolute Gasteiger partial charge is 0.387 e. The van der Waals surface area contributed by atoms with Crippen LogP contribution in [0.1, 0.15) is 12.0 Å². The SMILES string of the molecule is O=c1ccc(C2=c3oc(-c4ccc(OC(F)F)cc4)cc3=CCC=C2)c[nH]1. The fraction of sp³-hybridized carbons (Fsp3) is 0.0952. The Kier molecular flexibility index (Phi) is 4.46. The number of ether oxygens (including phenoxy) is 1. The zero-order valence-corrected chi connectivity index (χ0v) is 14.1. The fourth-order valence-electron chi connectivity index (χ4n) is 2.97. The highest BCUT2D eigenvalue weighted by Gasteiger charge is 2.11. The predicted octanol–water partition coefficient (Wildman–Crippen LogP) is 3.18. The van der Waals surface area contributed by atoms with E-state index in [-0.39, 0.29) is 11.3 Å². The van der Waals surface area contributed by atoms with Crippen LogP contribution >= 0.6 is 0 Å². The Bertz CT molecular complexity index is 1150. The van der Waals surface area contributed by atoms with E-state index in [0.717, 1.165) is 28.3 Å². The molecule has 0 aliphatic heterocycles. The fourth-order valence-corrected chi connectivity index (χ4v) is 2.97. The van der Waals surface area contributed by atoms with E-state index in [1.807, 2.05) is 24.3 Å². The van der Waals surface area contributed by atoms with Gasteiger partial charge in [0.15, 0.2) is 0 Å². The Hall–Kier alpha value is -3.41. The maximum absolute atomic E-state index is 12.3. The average Bonchev–Trinajstić information content (AvgIpc) is 2.97. The van der Waals surface area contributed by atoms with Crippen molar-refractivity contribution < 1.29 is 17.9 Å². The van der Waals surface area contributed by atoms with Gasteiger partial charge in [0.25, 0.3) is 0 Å². The van der Waals surface area contributed by atoms with Crippen molar-refractivity contribution in [1.29, 1.82) is 0 Å². The molecule has 136 valence electrons. The first-order chi connectivity index (χ1) is 13.1. The Labute approximate surface area is 152 Å². The predicted molar refractivity (Wildman–Crippen MR) is 97.8 cm³/mol.